The van der Waals surface area contributed by atoms with E-state index in [9.17, 15) is 5.11 Å². The average molecular weight is 245 g/mol. The molecule has 0 amide bonds. The molecule has 0 spiro atoms. The largest absolute Gasteiger partial charge is 0.396 e. The molecule has 3 heteroatoms. The third kappa shape index (κ3) is 1.58. The van der Waals surface area contributed by atoms with E-state index in [0.717, 1.165) is 19.4 Å². The first-order valence-electron chi connectivity index (χ1n) is 6.65. The summed E-state index contributed by atoms with van der Waals surface area (Å²) in [6.07, 6.45) is 2.49. The molecular weight excluding hydrogens is 226 g/mol. The van der Waals surface area contributed by atoms with Crippen LogP contribution in [0, 0.1) is 0 Å². The van der Waals surface area contributed by atoms with Crippen molar-refractivity contribution in [3.63, 3.8) is 0 Å². The fourth-order valence-corrected chi connectivity index (χ4v) is 3.10. The second-order valence-electron chi connectivity index (χ2n) is 4.94. The molecule has 0 radical (unpaired) electrons. The van der Waals surface area contributed by atoms with E-state index in [1.807, 2.05) is 6.07 Å². The number of H-pyrrole nitrogens is 1. The molecule has 1 aromatic heterocycles. The van der Waals surface area contributed by atoms with Gasteiger partial charge in [0.1, 0.15) is 5.60 Å². The monoisotopic (exact) mass is 245 g/mol. The topological polar surface area (TPSA) is 45.2 Å². The molecule has 1 aliphatic heterocycles. The van der Waals surface area contributed by atoms with Crippen LogP contribution in [0.25, 0.3) is 10.9 Å². The van der Waals surface area contributed by atoms with Crippen LogP contribution in [0.5, 0.6) is 0 Å². The van der Waals surface area contributed by atoms with Gasteiger partial charge < -0.3 is 14.8 Å². The highest BCUT2D eigenvalue weighted by Crippen LogP contribution is 2.41. The number of hydrogen-bond donors (Lipinski definition) is 2. The van der Waals surface area contributed by atoms with Crippen molar-refractivity contribution in [2.75, 3.05) is 13.2 Å². The van der Waals surface area contributed by atoms with Crippen LogP contribution in [-0.2, 0) is 16.8 Å². The van der Waals surface area contributed by atoms with Gasteiger partial charge >= 0.3 is 0 Å². The Morgan fingerprint density at radius 2 is 2.22 bits per heavy atom. The molecule has 3 rings (SSSR count). The first-order valence-corrected chi connectivity index (χ1v) is 6.65. The summed E-state index contributed by atoms with van der Waals surface area (Å²) in [6.45, 7) is 3.02. The van der Waals surface area contributed by atoms with Gasteiger partial charge in [0.15, 0.2) is 0 Å². The van der Waals surface area contributed by atoms with E-state index in [0.29, 0.717) is 6.42 Å². The first-order chi connectivity index (χ1) is 8.80. The zero-order valence-electron chi connectivity index (χ0n) is 10.7. The van der Waals surface area contributed by atoms with Crippen LogP contribution in [0.15, 0.2) is 24.3 Å². The van der Waals surface area contributed by atoms with Gasteiger partial charge in [-0.25, -0.2) is 0 Å². The van der Waals surface area contributed by atoms with Crippen molar-refractivity contribution in [2.45, 2.75) is 31.8 Å². The number of fused-ring (bicyclic) bond motifs is 3. The number of aliphatic hydroxyl groups excluding tert-OH is 1. The number of nitrogens with one attached hydrogen (secondary N) is 1. The normalized spacial score (nSPS) is 23.2. The van der Waals surface area contributed by atoms with Crippen molar-refractivity contribution in [1.82, 2.24) is 4.98 Å². The maximum absolute atomic E-state index is 9.32. The van der Waals surface area contributed by atoms with Gasteiger partial charge in [-0.15, -0.1) is 0 Å². The molecule has 1 aliphatic rings. The molecule has 2 N–H and O–H groups in total. The Morgan fingerprint density at radius 3 is 3.00 bits per heavy atom. The Hall–Kier alpha value is -1.32. The highest BCUT2D eigenvalue weighted by Gasteiger charge is 2.38. The molecule has 3 nitrogen and oxygen atoms in total. The molecule has 0 saturated carbocycles. The zero-order valence-corrected chi connectivity index (χ0v) is 10.7. The maximum atomic E-state index is 9.32. The number of aromatic amines is 1. The van der Waals surface area contributed by atoms with Crippen molar-refractivity contribution in [1.29, 1.82) is 0 Å². The highest BCUT2D eigenvalue weighted by molar-refractivity contribution is 5.85. The molecule has 0 fully saturated rings. The summed E-state index contributed by atoms with van der Waals surface area (Å²) < 4.78 is 6.02. The van der Waals surface area contributed by atoms with Crippen molar-refractivity contribution in [2.24, 2.45) is 0 Å². The van der Waals surface area contributed by atoms with Crippen LogP contribution < -0.4 is 0 Å². The number of aromatic nitrogens is 1. The van der Waals surface area contributed by atoms with Crippen LogP contribution in [0.4, 0.5) is 0 Å². The molecular formula is C15H19NO2. The Bertz CT molecular complexity index is 561. The van der Waals surface area contributed by atoms with Gasteiger partial charge in [-0.1, -0.05) is 25.1 Å². The summed E-state index contributed by atoms with van der Waals surface area (Å²) in [6, 6.07) is 8.39. The lowest BCUT2D eigenvalue weighted by Crippen LogP contribution is -2.36. The van der Waals surface area contributed by atoms with Gasteiger partial charge in [-0.2, -0.15) is 0 Å². The van der Waals surface area contributed by atoms with Crippen molar-refractivity contribution >= 4 is 10.9 Å². The van der Waals surface area contributed by atoms with E-state index >= 15 is 0 Å². The van der Waals surface area contributed by atoms with E-state index in [1.165, 1.54) is 22.2 Å². The molecule has 96 valence electrons. The third-order valence-corrected chi connectivity index (χ3v) is 4.09. The maximum Gasteiger partial charge on any atom is 0.110 e. The van der Waals surface area contributed by atoms with Crippen LogP contribution in [0.3, 0.4) is 0 Å². The molecule has 18 heavy (non-hydrogen) atoms. The Balaban J connectivity index is 2.21. The van der Waals surface area contributed by atoms with E-state index in [-0.39, 0.29) is 12.2 Å². The van der Waals surface area contributed by atoms with Crippen LogP contribution in [0.1, 0.15) is 31.0 Å². The van der Waals surface area contributed by atoms with Gasteiger partial charge in [-0.3, -0.25) is 0 Å². The highest BCUT2D eigenvalue weighted by atomic mass is 16.5. The summed E-state index contributed by atoms with van der Waals surface area (Å²) in [4.78, 5) is 3.51. The van der Waals surface area contributed by atoms with Gasteiger partial charge in [0.05, 0.1) is 12.3 Å². The lowest BCUT2D eigenvalue weighted by molar-refractivity contribution is -0.0795. The molecule has 1 aromatic carbocycles. The molecule has 0 bridgehead atoms. The fraction of sp³-hybridized carbons (Fsp3) is 0.467. The number of rotatable bonds is 3. The second kappa shape index (κ2) is 4.41. The lowest BCUT2D eigenvalue weighted by atomic mass is 9.86. The zero-order chi connectivity index (χ0) is 12.6. The Morgan fingerprint density at radius 1 is 1.39 bits per heavy atom. The predicted octanol–water partition coefficient (Wildman–Crippen LogP) is 2.73. The number of ether oxygens (including phenoxy) is 1. The standard InChI is InChI=1S/C15H19NO2/c1-2-15(8-9-17)14-12(7-10-18-15)11-5-3-4-6-13(11)16-14/h3-6,16-17H,2,7-10H2,1H3. The van der Waals surface area contributed by atoms with E-state index in [1.54, 1.807) is 0 Å². The fourth-order valence-electron chi connectivity index (χ4n) is 3.10. The summed E-state index contributed by atoms with van der Waals surface area (Å²) in [5.74, 6) is 0. The Labute approximate surface area is 107 Å². The van der Waals surface area contributed by atoms with Crippen molar-refractivity contribution in [3.05, 3.63) is 35.5 Å². The molecule has 2 aromatic rings. The van der Waals surface area contributed by atoms with E-state index in [2.05, 4.69) is 30.1 Å². The summed E-state index contributed by atoms with van der Waals surface area (Å²) >= 11 is 0. The smallest absolute Gasteiger partial charge is 0.110 e. The SMILES string of the molecule is CCC1(CCO)OCCc2c1[nH]c1ccccc21. The van der Waals surface area contributed by atoms with Crippen LogP contribution in [0.2, 0.25) is 0 Å². The van der Waals surface area contributed by atoms with E-state index in [4.69, 9.17) is 4.74 Å². The van der Waals surface area contributed by atoms with Crippen molar-refractivity contribution in [3.8, 4) is 0 Å². The minimum absolute atomic E-state index is 0.155. The second-order valence-corrected chi connectivity index (χ2v) is 4.94. The average Bonchev–Trinajstić information content (AvgIpc) is 2.79. The minimum Gasteiger partial charge on any atom is -0.396 e. The van der Waals surface area contributed by atoms with Crippen molar-refractivity contribution < 1.29 is 9.84 Å². The molecule has 1 unspecified atom stereocenters. The summed E-state index contributed by atoms with van der Waals surface area (Å²) in [5, 5.41) is 10.6. The third-order valence-electron chi connectivity index (χ3n) is 4.09. The minimum atomic E-state index is -0.332. The van der Waals surface area contributed by atoms with E-state index < -0.39 is 0 Å². The van der Waals surface area contributed by atoms with Gasteiger partial charge in [0.2, 0.25) is 0 Å². The lowest BCUT2D eigenvalue weighted by Gasteiger charge is -2.36. The predicted molar refractivity (Wildman–Crippen MR) is 71.6 cm³/mol. The molecule has 2 heterocycles. The summed E-state index contributed by atoms with van der Waals surface area (Å²) in [7, 11) is 0. The first kappa shape index (κ1) is 11.8. The number of aliphatic hydroxyl groups is 1. The van der Waals surface area contributed by atoms with Gasteiger partial charge in [0.25, 0.3) is 0 Å². The number of hydrogen-bond acceptors (Lipinski definition) is 2. The van der Waals surface area contributed by atoms with Crippen LogP contribution in [-0.4, -0.2) is 23.3 Å². The molecule has 0 saturated heterocycles. The quantitative estimate of drug-likeness (QED) is 0.873. The molecule has 1 atom stereocenters. The summed E-state index contributed by atoms with van der Waals surface area (Å²) in [5.41, 5.74) is 3.38. The van der Waals surface area contributed by atoms with Gasteiger partial charge in [-0.05, 0) is 24.5 Å². The number of para-hydroxylation sites is 1. The Kier molecular flexibility index (Phi) is 2.88. The number of benzene rings is 1. The van der Waals surface area contributed by atoms with Gasteiger partial charge in [0, 0.05) is 23.9 Å². The van der Waals surface area contributed by atoms with Crippen LogP contribution >= 0.6 is 0 Å². The molecule has 0 aliphatic carbocycles.